The average Bonchev–Trinajstić information content (AvgIpc) is 2.89. The average molecular weight is 354 g/mol. The third kappa shape index (κ3) is 2.79. The second-order valence-electron chi connectivity index (χ2n) is 4.74. The molecule has 1 N–H and O–H groups in total. The molecule has 1 aromatic carbocycles. The summed E-state index contributed by atoms with van der Waals surface area (Å²) in [6, 6.07) is 7.12. The lowest BCUT2D eigenvalue weighted by molar-refractivity contribution is -0.154. The first-order valence-corrected chi connectivity index (χ1v) is 7.16. The van der Waals surface area contributed by atoms with Crippen LogP contribution < -0.4 is 0 Å². The standard InChI is InChI=1S/C14H12BrNO5/c15-9-1-2-10-8(5-9)6-11(21-10)13(17)16-3-4-20-12(7-16)14(18)19/h1-2,5-6,12H,3-4,7H2,(H,18,19)/t12-/m0/s1. The van der Waals surface area contributed by atoms with Crippen LogP contribution in [0.3, 0.4) is 0 Å². The number of aliphatic carboxylic acids is 1. The van der Waals surface area contributed by atoms with E-state index in [1.54, 1.807) is 12.1 Å². The van der Waals surface area contributed by atoms with Crippen molar-refractivity contribution in [1.82, 2.24) is 4.90 Å². The quantitative estimate of drug-likeness (QED) is 0.894. The van der Waals surface area contributed by atoms with Gasteiger partial charge in [0.15, 0.2) is 11.9 Å². The third-order valence-electron chi connectivity index (χ3n) is 3.32. The lowest BCUT2D eigenvalue weighted by Crippen LogP contribution is -2.48. The number of nitrogens with zero attached hydrogens (tertiary/aromatic N) is 1. The predicted octanol–water partition coefficient (Wildman–Crippen LogP) is 2.12. The molecule has 1 atom stereocenters. The summed E-state index contributed by atoms with van der Waals surface area (Å²) in [6.07, 6.45) is -0.985. The maximum absolute atomic E-state index is 12.4. The molecule has 0 saturated carbocycles. The molecule has 0 unspecified atom stereocenters. The smallest absolute Gasteiger partial charge is 0.334 e. The van der Waals surface area contributed by atoms with Gasteiger partial charge in [-0.25, -0.2) is 4.79 Å². The maximum Gasteiger partial charge on any atom is 0.334 e. The van der Waals surface area contributed by atoms with E-state index >= 15 is 0 Å². The molecule has 1 fully saturated rings. The Morgan fingerprint density at radius 3 is 2.90 bits per heavy atom. The molecular weight excluding hydrogens is 342 g/mol. The van der Waals surface area contributed by atoms with Crippen molar-refractivity contribution in [2.24, 2.45) is 0 Å². The Hall–Kier alpha value is -1.86. The highest BCUT2D eigenvalue weighted by Gasteiger charge is 2.30. The number of rotatable bonds is 2. The van der Waals surface area contributed by atoms with Gasteiger partial charge in [-0.1, -0.05) is 15.9 Å². The zero-order chi connectivity index (χ0) is 15.0. The molecule has 7 heteroatoms. The van der Waals surface area contributed by atoms with E-state index in [0.717, 1.165) is 9.86 Å². The van der Waals surface area contributed by atoms with E-state index in [9.17, 15) is 9.59 Å². The van der Waals surface area contributed by atoms with Gasteiger partial charge in [0, 0.05) is 16.4 Å². The zero-order valence-electron chi connectivity index (χ0n) is 10.9. The molecule has 6 nitrogen and oxygen atoms in total. The summed E-state index contributed by atoms with van der Waals surface area (Å²) in [5, 5.41) is 9.78. The SMILES string of the molecule is O=C(O)[C@@H]1CN(C(=O)c2cc3cc(Br)ccc3o2)CCO1. The first-order chi connectivity index (χ1) is 10.0. The van der Waals surface area contributed by atoms with Gasteiger partial charge >= 0.3 is 5.97 Å². The van der Waals surface area contributed by atoms with E-state index < -0.39 is 12.1 Å². The molecule has 3 rings (SSSR count). The second kappa shape index (κ2) is 5.50. The highest BCUT2D eigenvalue weighted by molar-refractivity contribution is 9.10. The molecule has 2 aromatic rings. The summed E-state index contributed by atoms with van der Waals surface area (Å²) in [6.45, 7) is 0.576. The van der Waals surface area contributed by atoms with Crippen molar-refractivity contribution >= 4 is 38.8 Å². The van der Waals surface area contributed by atoms with E-state index in [1.807, 2.05) is 12.1 Å². The summed E-state index contributed by atoms with van der Waals surface area (Å²) in [5.41, 5.74) is 0.615. The fraction of sp³-hybridized carbons (Fsp3) is 0.286. The molecule has 0 spiro atoms. The van der Waals surface area contributed by atoms with Crippen molar-refractivity contribution in [3.05, 3.63) is 34.5 Å². The minimum absolute atomic E-state index is 0.0227. The molecule has 0 bridgehead atoms. The topological polar surface area (TPSA) is 80.0 Å². The molecule has 1 aromatic heterocycles. The normalized spacial score (nSPS) is 18.9. The van der Waals surface area contributed by atoms with E-state index in [-0.39, 0.29) is 24.8 Å². The molecule has 1 amide bonds. The number of hydrogen-bond donors (Lipinski definition) is 1. The number of fused-ring (bicyclic) bond motifs is 1. The lowest BCUT2D eigenvalue weighted by Gasteiger charge is -2.30. The van der Waals surface area contributed by atoms with Crippen LogP contribution in [0, 0.1) is 0 Å². The summed E-state index contributed by atoms with van der Waals surface area (Å²) in [5.74, 6) is -1.19. The van der Waals surface area contributed by atoms with E-state index in [0.29, 0.717) is 12.1 Å². The third-order valence-corrected chi connectivity index (χ3v) is 3.81. The molecule has 0 radical (unpaired) electrons. The Labute approximate surface area is 128 Å². The van der Waals surface area contributed by atoms with Gasteiger partial charge in [0.25, 0.3) is 5.91 Å². The largest absolute Gasteiger partial charge is 0.479 e. The minimum atomic E-state index is -1.07. The number of furan rings is 1. The van der Waals surface area contributed by atoms with Gasteiger partial charge in [-0.15, -0.1) is 0 Å². The van der Waals surface area contributed by atoms with Gasteiger partial charge in [0.05, 0.1) is 13.2 Å². The Kier molecular flexibility index (Phi) is 3.69. The van der Waals surface area contributed by atoms with Gasteiger partial charge in [-0.2, -0.15) is 0 Å². The number of hydrogen-bond acceptors (Lipinski definition) is 4. The Bertz CT molecular complexity index is 710. The van der Waals surface area contributed by atoms with Crippen LogP contribution in [-0.4, -0.2) is 47.7 Å². The number of carboxylic acid groups (broad SMARTS) is 1. The number of carbonyl (C=O) groups is 2. The van der Waals surface area contributed by atoms with Gasteiger partial charge in [0.2, 0.25) is 0 Å². The summed E-state index contributed by atoms with van der Waals surface area (Å²) in [7, 11) is 0. The highest BCUT2D eigenvalue weighted by atomic mass is 79.9. The first-order valence-electron chi connectivity index (χ1n) is 6.37. The predicted molar refractivity (Wildman–Crippen MR) is 77.2 cm³/mol. The summed E-state index contributed by atoms with van der Waals surface area (Å²) < 4.78 is 11.5. The van der Waals surface area contributed by atoms with Crippen LogP contribution in [0.5, 0.6) is 0 Å². The number of benzene rings is 1. The fourth-order valence-electron chi connectivity index (χ4n) is 2.26. The van der Waals surface area contributed by atoms with Gasteiger partial charge in [-0.3, -0.25) is 4.79 Å². The van der Waals surface area contributed by atoms with Crippen molar-refractivity contribution in [2.75, 3.05) is 19.7 Å². The second-order valence-corrected chi connectivity index (χ2v) is 5.66. The summed E-state index contributed by atoms with van der Waals surface area (Å²) in [4.78, 5) is 24.8. The van der Waals surface area contributed by atoms with Gasteiger partial charge in [-0.05, 0) is 24.3 Å². The zero-order valence-corrected chi connectivity index (χ0v) is 12.5. The van der Waals surface area contributed by atoms with Gasteiger partial charge in [0.1, 0.15) is 5.58 Å². The molecule has 1 saturated heterocycles. The van der Waals surface area contributed by atoms with Crippen molar-refractivity contribution in [2.45, 2.75) is 6.10 Å². The van der Waals surface area contributed by atoms with Crippen molar-refractivity contribution in [3.8, 4) is 0 Å². The van der Waals surface area contributed by atoms with E-state index in [4.69, 9.17) is 14.3 Å². The van der Waals surface area contributed by atoms with Crippen LogP contribution in [0.25, 0.3) is 11.0 Å². The molecule has 110 valence electrons. The highest BCUT2D eigenvalue weighted by Crippen LogP contribution is 2.24. The minimum Gasteiger partial charge on any atom is -0.479 e. The Morgan fingerprint density at radius 1 is 1.33 bits per heavy atom. The van der Waals surface area contributed by atoms with Crippen LogP contribution in [0.1, 0.15) is 10.6 Å². The van der Waals surface area contributed by atoms with Crippen LogP contribution in [0.4, 0.5) is 0 Å². The molecule has 2 heterocycles. The van der Waals surface area contributed by atoms with Crippen LogP contribution >= 0.6 is 15.9 Å². The number of morpholine rings is 1. The first kappa shape index (κ1) is 14.1. The lowest BCUT2D eigenvalue weighted by atomic mass is 10.2. The monoisotopic (exact) mass is 353 g/mol. The molecule has 0 aliphatic carbocycles. The van der Waals surface area contributed by atoms with Gasteiger partial charge < -0.3 is 19.2 Å². The van der Waals surface area contributed by atoms with Crippen LogP contribution in [0.2, 0.25) is 0 Å². The number of carbonyl (C=O) groups excluding carboxylic acids is 1. The molecular formula is C14H12BrNO5. The number of carboxylic acids is 1. The van der Waals surface area contributed by atoms with Crippen LogP contribution in [0.15, 0.2) is 33.2 Å². The van der Waals surface area contributed by atoms with E-state index in [2.05, 4.69) is 15.9 Å². The number of amides is 1. The number of ether oxygens (including phenoxy) is 1. The molecule has 21 heavy (non-hydrogen) atoms. The Morgan fingerprint density at radius 2 is 2.14 bits per heavy atom. The van der Waals surface area contributed by atoms with E-state index in [1.165, 1.54) is 4.90 Å². The molecule has 1 aliphatic rings. The van der Waals surface area contributed by atoms with Crippen molar-refractivity contribution in [1.29, 1.82) is 0 Å². The van der Waals surface area contributed by atoms with Crippen molar-refractivity contribution < 1.29 is 23.8 Å². The fourth-order valence-corrected chi connectivity index (χ4v) is 2.64. The summed E-state index contributed by atoms with van der Waals surface area (Å²) >= 11 is 3.36. The molecule has 1 aliphatic heterocycles. The number of halogens is 1. The van der Waals surface area contributed by atoms with Crippen molar-refractivity contribution in [3.63, 3.8) is 0 Å². The maximum atomic E-state index is 12.4. The Balaban J connectivity index is 1.84. The van der Waals surface area contributed by atoms with Crippen LogP contribution in [-0.2, 0) is 9.53 Å².